The number of rotatable bonds is 7. The third-order valence-electron chi connectivity index (χ3n) is 7.39. The quantitative estimate of drug-likeness (QED) is 0.234. The van der Waals surface area contributed by atoms with Crippen LogP contribution in [0.15, 0.2) is 95.5 Å². The maximum atomic E-state index is 13.8. The first-order valence-corrected chi connectivity index (χ1v) is 13.6. The lowest BCUT2D eigenvalue weighted by molar-refractivity contribution is -0.136. The van der Waals surface area contributed by atoms with Crippen LogP contribution in [-0.4, -0.2) is 16.8 Å². The van der Waals surface area contributed by atoms with Crippen LogP contribution >= 0.6 is 15.9 Å². The molecule has 0 aromatic heterocycles. The highest BCUT2D eigenvalue weighted by atomic mass is 79.9. The monoisotopic (exact) mass is 567 g/mol. The van der Waals surface area contributed by atoms with E-state index < -0.39 is 11.5 Å². The van der Waals surface area contributed by atoms with E-state index in [1.54, 1.807) is 23.1 Å². The molecule has 192 valence electrons. The number of fused-ring (bicyclic) bond motifs is 1. The summed E-state index contributed by atoms with van der Waals surface area (Å²) in [6, 6.07) is 29.0. The predicted octanol–water partition coefficient (Wildman–Crippen LogP) is 7.56. The Morgan fingerprint density at radius 2 is 1.61 bits per heavy atom. The van der Waals surface area contributed by atoms with Crippen molar-refractivity contribution in [1.29, 1.82) is 0 Å². The van der Waals surface area contributed by atoms with Gasteiger partial charge in [-0.1, -0.05) is 103 Å². The van der Waals surface area contributed by atoms with Gasteiger partial charge in [0.15, 0.2) is 11.4 Å². The zero-order valence-electron chi connectivity index (χ0n) is 21.7. The minimum atomic E-state index is -1.95. The highest BCUT2D eigenvalue weighted by molar-refractivity contribution is 9.10. The Labute approximate surface area is 232 Å². The number of hydrogen-bond donors (Lipinski definition) is 1. The van der Waals surface area contributed by atoms with Gasteiger partial charge in [-0.2, -0.15) is 0 Å². The fourth-order valence-electron chi connectivity index (χ4n) is 5.06. The van der Waals surface area contributed by atoms with Crippen LogP contribution in [-0.2, 0) is 16.9 Å². The largest absolute Gasteiger partial charge is 0.375 e. The van der Waals surface area contributed by atoms with Gasteiger partial charge >= 0.3 is 0 Å². The van der Waals surface area contributed by atoms with Crippen LogP contribution in [0.5, 0.6) is 0 Å². The predicted molar refractivity (Wildman–Crippen MR) is 155 cm³/mol. The number of aliphatic hydroxyl groups is 1. The van der Waals surface area contributed by atoms with Crippen LogP contribution in [0.2, 0.25) is 0 Å². The zero-order valence-corrected chi connectivity index (χ0v) is 23.3. The fraction of sp³-hybridized carbons (Fsp3) is 0.212. The zero-order chi connectivity index (χ0) is 27.0. The number of carbonyl (C=O) groups excluding carboxylic acids is 2. The average molecular weight is 569 g/mol. The molecule has 1 atom stereocenters. The highest BCUT2D eigenvalue weighted by Gasteiger charge is 2.51. The fourth-order valence-corrected chi connectivity index (χ4v) is 5.42. The summed E-state index contributed by atoms with van der Waals surface area (Å²) in [5, 5.41) is 11.8. The van der Waals surface area contributed by atoms with E-state index in [1.165, 1.54) is 5.56 Å². The lowest BCUT2D eigenvalue weighted by atomic mass is 9.88. The van der Waals surface area contributed by atoms with Gasteiger partial charge < -0.3 is 10.0 Å². The van der Waals surface area contributed by atoms with Crippen LogP contribution in [0.25, 0.3) is 11.1 Å². The summed E-state index contributed by atoms with van der Waals surface area (Å²) >= 11 is 3.48. The number of benzene rings is 4. The Morgan fingerprint density at radius 3 is 2.29 bits per heavy atom. The summed E-state index contributed by atoms with van der Waals surface area (Å²) in [7, 11) is 0. The molecule has 4 aromatic rings. The lowest BCUT2D eigenvalue weighted by Crippen LogP contribution is -2.41. The second-order valence-electron chi connectivity index (χ2n) is 10.3. The number of amides is 1. The van der Waals surface area contributed by atoms with Crippen molar-refractivity contribution in [3.8, 4) is 11.1 Å². The number of Topliss-reactive ketones (excluding diaryl/α,β-unsaturated/α-hetero) is 1. The minimum absolute atomic E-state index is 0.286. The molecule has 1 N–H and O–H groups in total. The van der Waals surface area contributed by atoms with E-state index >= 15 is 0 Å². The molecule has 0 radical (unpaired) electrons. The molecule has 0 spiro atoms. The van der Waals surface area contributed by atoms with Gasteiger partial charge in [0.1, 0.15) is 0 Å². The summed E-state index contributed by atoms with van der Waals surface area (Å²) in [5.41, 5.74) is 4.93. The molecule has 1 unspecified atom stereocenters. The molecule has 0 saturated heterocycles. The molecular weight excluding hydrogens is 538 g/mol. The van der Waals surface area contributed by atoms with E-state index in [1.807, 2.05) is 61.5 Å². The summed E-state index contributed by atoms with van der Waals surface area (Å²) in [4.78, 5) is 28.8. The molecule has 0 aliphatic carbocycles. The number of carbonyl (C=O) groups is 2. The molecule has 4 nitrogen and oxygen atoms in total. The molecule has 1 aliphatic heterocycles. The molecule has 5 rings (SSSR count). The molecule has 5 heteroatoms. The molecule has 0 saturated carbocycles. The van der Waals surface area contributed by atoms with Gasteiger partial charge in [0, 0.05) is 15.6 Å². The number of hydrogen-bond acceptors (Lipinski definition) is 3. The smallest absolute Gasteiger partial charge is 0.264 e. The Bertz CT molecular complexity index is 1510. The van der Waals surface area contributed by atoms with E-state index in [0.29, 0.717) is 29.3 Å². The van der Waals surface area contributed by atoms with Gasteiger partial charge in [0.25, 0.3) is 5.91 Å². The van der Waals surface area contributed by atoms with Crippen molar-refractivity contribution in [1.82, 2.24) is 0 Å². The first kappa shape index (κ1) is 26.1. The normalized spacial score (nSPS) is 16.7. The Hall–Kier alpha value is -3.54. The van der Waals surface area contributed by atoms with Crippen molar-refractivity contribution in [2.45, 2.75) is 45.3 Å². The second kappa shape index (κ2) is 10.3. The minimum Gasteiger partial charge on any atom is -0.375 e. The molecule has 38 heavy (non-hydrogen) atoms. The number of nitrogens with zero attached hydrogens (tertiary/aromatic N) is 1. The highest BCUT2D eigenvalue weighted by Crippen LogP contribution is 2.45. The van der Waals surface area contributed by atoms with Crippen molar-refractivity contribution in [2.24, 2.45) is 0 Å². The summed E-state index contributed by atoms with van der Waals surface area (Å²) < 4.78 is 0.738. The summed E-state index contributed by atoms with van der Waals surface area (Å²) in [6.07, 6.45) is -0.332. The second-order valence-corrected chi connectivity index (χ2v) is 11.2. The van der Waals surface area contributed by atoms with Gasteiger partial charge in [-0.05, 0) is 58.9 Å². The van der Waals surface area contributed by atoms with Crippen molar-refractivity contribution >= 4 is 33.3 Å². The molecular formula is C33H30BrNO3. The first-order valence-electron chi connectivity index (χ1n) is 12.8. The standard InChI is InChI=1S/C33H30BrNO3/c1-21(2)26-10-9-22(3)27(17-26)20-35-30-16-15-28(34)18-29(30)33(38,32(35)37)19-31(36)25-13-11-24(12-14-25)23-7-5-4-6-8-23/h4-18,21,38H,19-20H2,1-3H3. The number of ketones is 1. The molecule has 0 fully saturated rings. The van der Waals surface area contributed by atoms with E-state index in [2.05, 4.69) is 48.0 Å². The van der Waals surface area contributed by atoms with E-state index in [9.17, 15) is 14.7 Å². The van der Waals surface area contributed by atoms with Crippen molar-refractivity contribution in [3.05, 3.63) is 123 Å². The van der Waals surface area contributed by atoms with Crippen LogP contribution in [0.4, 0.5) is 5.69 Å². The SMILES string of the molecule is Cc1ccc(C(C)C)cc1CN1C(=O)C(O)(CC(=O)c2ccc(-c3ccccc3)cc2)c2cc(Br)ccc21. The Kier molecular flexibility index (Phi) is 7.08. The van der Waals surface area contributed by atoms with Crippen molar-refractivity contribution < 1.29 is 14.7 Å². The number of anilines is 1. The van der Waals surface area contributed by atoms with Crippen molar-refractivity contribution in [2.75, 3.05) is 4.90 Å². The number of halogens is 1. The average Bonchev–Trinajstić information content (AvgIpc) is 3.11. The van der Waals surface area contributed by atoms with Gasteiger partial charge in [-0.3, -0.25) is 9.59 Å². The lowest BCUT2D eigenvalue weighted by Gasteiger charge is -2.24. The molecule has 1 heterocycles. The van der Waals surface area contributed by atoms with E-state index in [-0.39, 0.29) is 12.2 Å². The molecule has 0 bridgehead atoms. The van der Waals surface area contributed by atoms with Gasteiger partial charge in [-0.15, -0.1) is 0 Å². The van der Waals surface area contributed by atoms with Crippen LogP contribution in [0.3, 0.4) is 0 Å². The van der Waals surface area contributed by atoms with E-state index in [0.717, 1.165) is 26.7 Å². The molecule has 4 aromatic carbocycles. The maximum Gasteiger partial charge on any atom is 0.264 e. The summed E-state index contributed by atoms with van der Waals surface area (Å²) in [5.74, 6) is -0.407. The third-order valence-corrected chi connectivity index (χ3v) is 7.89. The van der Waals surface area contributed by atoms with Gasteiger partial charge in [0.05, 0.1) is 18.7 Å². The first-order chi connectivity index (χ1) is 18.2. The summed E-state index contributed by atoms with van der Waals surface area (Å²) in [6.45, 7) is 6.62. The van der Waals surface area contributed by atoms with Gasteiger partial charge in [0.2, 0.25) is 0 Å². The third kappa shape index (κ3) is 4.84. The van der Waals surface area contributed by atoms with Crippen LogP contribution in [0, 0.1) is 6.92 Å². The topological polar surface area (TPSA) is 57.6 Å². The van der Waals surface area contributed by atoms with Crippen molar-refractivity contribution in [3.63, 3.8) is 0 Å². The molecule has 1 aliphatic rings. The maximum absolute atomic E-state index is 13.8. The Morgan fingerprint density at radius 1 is 0.921 bits per heavy atom. The van der Waals surface area contributed by atoms with E-state index in [4.69, 9.17) is 0 Å². The molecule has 1 amide bonds. The van der Waals surface area contributed by atoms with Crippen LogP contribution < -0.4 is 4.90 Å². The van der Waals surface area contributed by atoms with Gasteiger partial charge in [-0.25, -0.2) is 0 Å². The van der Waals surface area contributed by atoms with Crippen LogP contribution in [0.1, 0.15) is 58.8 Å². The number of aryl methyl sites for hydroxylation is 1. The Balaban J connectivity index is 1.45.